The van der Waals surface area contributed by atoms with Crippen molar-refractivity contribution < 1.29 is 22.7 Å². The van der Waals surface area contributed by atoms with Crippen LogP contribution in [0.1, 0.15) is 51.4 Å². The number of hydrogen-bond donors (Lipinski definition) is 0. The van der Waals surface area contributed by atoms with E-state index < -0.39 is 15.8 Å². The Morgan fingerprint density at radius 1 is 1.05 bits per heavy atom. The number of carbonyl (C=O) groups excluding carboxylic acids is 1. The maximum absolute atomic E-state index is 12.1. The maximum Gasteiger partial charge on any atom is 0.307 e. The zero-order chi connectivity index (χ0) is 14.6. The molecule has 2 aliphatic carbocycles. The molecule has 0 aromatic rings. The lowest BCUT2D eigenvalue weighted by molar-refractivity contribution is -0.153. The van der Waals surface area contributed by atoms with Crippen LogP contribution in [0.5, 0.6) is 0 Å². The number of hydrogen-bond acceptors (Lipinski definition) is 5. The topological polar surface area (TPSA) is 69.7 Å². The van der Waals surface area contributed by atoms with Gasteiger partial charge in [0.25, 0.3) is 0 Å². The molecule has 0 N–H and O–H groups in total. The molecular weight excluding hydrogens is 280 g/mol. The summed E-state index contributed by atoms with van der Waals surface area (Å²) in [7, 11) is -1.53. The molecule has 5 nitrogen and oxygen atoms in total. The molecule has 2 aliphatic rings. The first-order valence-electron chi connectivity index (χ1n) is 7.47. The molecule has 0 unspecified atom stereocenters. The second-order valence-electron chi connectivity index (χ2n) is 5.76. The number of ether oxygens (including phenoxy) is 2. The summed E-state index contributed by atoms with van der Waals surface area (Å²) in [6.45, 7) is 0. The van der Waals surface area contributed by atoms with Gasteiger partial charge in [0.2, 0.25) is 0 Å². The van der Waals surface area contributed by atoms with E-state index in [1.807, 2.05) is 0 Å². The van der Waals surface area contributed by atoms with Crippen molar-refractivity contribution >= 4 is 15.8 Å². The van der Waals surface area contributed by atoms with E-state index >= 15 is 0 Å². The summed E-state index contributed by atoms with van der Waals surface area (Å²) in [5.41, 5.74) is 0. The molecule has 0 aliphatic heterocycles. The van der Waals surface area contributed by atoms with Crippen LogP contribution in [0.3, 0.4) is 0 Å². The van der Waals surface area contributed by atoms with Crippen LogP contribution in [0.2, 0.25) is 0 Å². The van der Waals surface area contributed by atoms with E-state index in [1.54, 1.807) is 7.11 Å². The van der Waals surface area contributed by atoms with Crippen molar-refractivity contribution in [1.29, 1.82) is 0 Å². The summed E-state index contributed by atoms with van der Waals surface area (Å²) >= 11 is 0. The molecule has 2 atom stereocenters. The summed E-state index contributed by atoms with van der Waals surface area (Å²) < 4.78 is 34.7. The number of sulfone groups is 1. The molecule has 0 aromatic carbocycles. The van der Waals surface area contributed by atoms with Crippen molar-refractivity contribution in [3.8, 4) is 0 Å². The monoisotopic (exact) mass is 304 g/mol. The normalized spacial score (nSPS) is 27.9. The molecule has 0 heterocycles. The van der Waals surface area contributed by atoms with Gasteiger partial charge in [-0.1, -0.05) is 12.8 Å². The minimum Gasteiger partial charge on any atom is -0.460 e. The Hall–Kier alpha value is -0.620. The highest BCUT2D eigenvalue weighted by molar-refractivity contribution is 7.92. The second-order valence-corrected chi connectivity index (χ2v) is 8.16. The molecule has 0 amide bonds. The van der Waals surface area contributed by atoms with Gasteiger partial charge in [-0.05, 0) is 32.1 Å². The third-order valence-electron chi connectivity index (χ3n) is 4.38. The predicted octanol–water partition coefficient (Wildman–Crippen LogP) is 1.84. The fourth-order valence-electron chi connectivity index (χ4n) is 3.16. The lowest BCUT2D eigenvalue weighted by atomic mass is 10.2. The van der Waals surface area contributed by atoms with E-state index in [2.05, 4.69) is 0 Å². The quantitative estimate of drug-likeness (QED) is 0.700. The van der Waals surface area contributed by atoms with E-state index in [9.17, 15) is 13.2 Å². The van der Waals surface area contributed by atoms with Crippen LogP contribution >= 0.6 is 0 Å². The molecule has 0 spiro atoms. The maximum atomic E-state index is 12.1. The summed E-state index contributed by atoms with van der Waals surface area (Å²) in [5, 5.41) is -0.242. The average molecular weight is 304 g/mol. The first-order chi connectivity index (χ1) is 9.53. The van der Waals surface area contributed by atoms with Gasteiger partial charge in [-0.3, -0.25) is 4.79 Å². The Bertz CT molecular complexity index is 425. The minimum atomic E-state index is -3.14. The molecular formula is C14H24O5S. The molecule has 116 valence electrons. The molecule has 0 saturated heterocycles. The largest absolute Gasteiger partial charge is 0.460 e. The number of esters is 1. The third-order valence-corrected chi connectivity index (χ3v) is 6.64. The molecule has 20 heavy (non-hydrogen) atoms. The molecule has 6 heteroatoms. The lowest BCUT2D eigenvalue weighted by Gasteiger charge is -2.19. The highest BCUT2D eigenvalue weighted by Crippen LogP contribution is 2.27. The first-order valence-corrected chi connectivity index (χ1v) is 9.18. The van der Waals surface area contributed by atoms with E-state index in [4.69, 9.17) is 9.47 Å². The summed E-state index contributed by atoms with van der Waals surface area (Å²) in [6, 6.07) is 0. The van der Waals surface area contributed by atoms with E-state index in [-0.39, 0.29) is 29.6 Å². The van der Waals surface area contributed by atoms with E-state index in [0.29, 0.717) is 0 Å². The number of rotatable bonds is 6. The van der Waals surface area contributed by atoms with Gasteiger partial charge in [-0.15, -0.1) is 0 Å². The van der Waals surface area contributed by atoms with E-state index in [0.717, 1.165) is 44.9 Å². The predicted molar refractivity (Wildman–Crippen MR) is 75.2 cm³/mol. The van der Waals surface area contributed by atoms with E-state index in [1.165, 1.54) is 0 Å². The standard InChI is InChI=1S/C14H24O5S/c1-18-12-7-4-8-13(12)19-14(15)9-10-20(16,17)11-5-2-3-6-11/h11-13H,2-10H2,1H3/t12-,13-/m1/s1. The summed E-state index contributed by atoms with van der Waals surface area (Å²) in [6.07, 6.45) is 5.85. The van der Waals surface area contributed by atoms with Crippen molar-refractivity contribution in [1.82, 2.24) is 0 Å². The minimum absolute atomic E-state index is 0.0359. The Labute approximate surface area is 120 Å². The zero-order valence-corrected chi connectivity index (χ0v) is 12.9. The SMILES string of the molecule is CO[C@@H]1CCC[C@H]1OC(=O)CCS(=O)(=O)C1CCCC1. The van der Waals surface area contributed by atoms with Gasteiger partial charge >= 0.3 is 5.97 Å². The van der Waals surface area contributed by atoms with Crippen LogP contribution in [0, 0.1) is 0 Å². The molecule has 0 aromatic heterocycles. The van der Waals surface area contributed by atoms with Crippen LogP contribution in [0.4, 0.5) is 0 Å². The lowest BCUT2D eigenvalue weighted by Crippen LogP contribution is -2.29. The first kappa shape index (κ1) is 15.8. The van der Waals surface area contributed by atoms with Crippen LogP contribution in [0.15, 0.2) is 0 Å². The Morgan fingerprint density at radius 3 is 2.35 bits per heavy atom. The van der Waals surface area contributed by atoms with Crippen molar-refractivity contribution in [2.75, 3.05) is 12.9 Å². The fourth-order valence-corrected chi connectivity index (χ4v) is 5.00. The van der Waals surface area contributed by atoms with Crippen molar-refractivity contribution in [3.05, 3.63) is 0 Å². The van der Waals surface area contributed by atoms with Gasteiger partial charge in [-0.2, -0.15) is 0 Å². The van der Waals surface area contributed by atoms with Gasteiger partial charge in [0.1, 0.15) is 6.10 Å². The molecule has 2 fully saturated rings. The highest BCUT2D eigenvalue weighted by atomic mass is 32.2. The van der Waals surface area contributed by atoms with Crippen LogP contribution in [-0.2, 0) is 24.1 Å². The molecule has 2 rings (SSSR count). The van der Waals surface area contributed by atoms with Crippen LogP contribution in [-0.4, -0.2) is 44.7 Å². The van der Waals surface area contributed by atoms with Gasteiger partial charge in [0, 0.05) is 7.11 Å². The Morgan fingerprint density at radius 2 is 1.70 bits per heavy atom. The zero-order valence-electron chi connectivity index (χ0n) is 12.0. The van der Waals surface area contributed by atoms with Crippen LogP contribution in [0.25, 0.3) is 0 Å². The van der Waals surface area contributed by atoms with Crippen molar-refractivity contribution in [3.63, 3.8) is 0 Å². The Kier molecular flexibility index (Phi) is 5.43. The van der Waals surface area contributed by atoms with Gasteiger partial charge in [0.15, 0.2) is 9.84 Å². The van der Waals surface area contributed by atoms with Gasteiger partial charge in [-0.25, -0.2) is 8.42 Å². The summed E-state index contributed by atoms with van der Waals surface area (Å²) in [4.78, 5) is 11.8. The highest BCUT2D eigenvalue weighted by Gasteiger charge is 2.32. The fraction of sp³-hybridized carbons (Fsp3) is 0.929. The molecule has 0 radical (unpaired) electrons. The second kappa shape index (κ2) is 6.89. The third kappa shape index (κ3) is 3.95. The van der Waals surface area contributed by atoms with Crippen LogP contribution < -0.4 is 0 Å². The van der Waals surface area contributed by atoms with Gasteiger partial charge < -0.3 is 9.47 Å². The van der Waals surface area contributed by atoms with Gasteiger partial charge in [0.05, 0.1) is 23.5 Å². The molecule has 2 saturated carbocycles. The smallest absolute Gasteiger partial charge is 0.307 e. The summed E-state index contributed by atoms with van der Waals surface area (Å²) in [5.74, 6) is -0.499. The number of carbonyl (C=O) groups is 1. The van der Waals surface area contributed by atoms with Crippen molar-refractivity contribution in [2.24, 2.45) is 0 Å². The molecule has 0 bridgehead atoms. The average Bonchev–Trinajstić information content (AvgIpc) is 3.07. The number of methoxy groups -OCH3 is 1. The Balaban J connectivity index is 1.77. The van der Waals surface area contributed by atoms with Crippen molar-refractivity contribution in [2.45, 2.75) is 68.8 Å².